The Hall–Kier alpha value is -2.98. The number of nitrogens with zero attached hydrogens (tertiary/aromatic N) is 2. The van der Waals surface area contributed by atoms with Crippen molar-refractivity contribution in [2.45, 2.75) is 18.7 Å². The molecule has 0 bridgehead atoms. The van der Waals surface area contributed by atoms with Crippen LogP contribution in [0.3, 0.4) is 0 Å². The predicted octanol–water partition coefficient (Wildman–Crippen LogP) is 3.28. The van der Waals surface area contributed by atoms with Gasteiger partial charge in [0.05, 0.1) is 17.7 Å². The lowest BCUT2D eigenvalue weighted by Crippen LogP contribution is -2.14. The SMILES string of the molecule is COc1ccc(S(=O)(=O)Nc2nnc(-c3ccc(C)cc3)s2)cc1NC(C)=O. The van der Waals surface area contributed by atoms with Crippen LogP contribution in [0.1, 0.15) is 12.5 Å². The summed E-state index contributed by atoms with van der Waals surface area (Å²) in [6.45, 7) is 3.31. The maximum absolute atomic E-state index is 12.7. The van der Waals surface area contributed by atoms with E-state index >= 15 is 0 Å². The number of amides is 1. The van der Waals surface area contributed by atoms with Crippen molar-refractivity contribution in [3.8, 4) is 16.3 Å². The number of hydrogen-bond donors (Lipinski definition) is 2. The molecule has 0 saturated heterocycles. The van der Waals surface area contributed by atoms with Gasteiger partial charge in [-0.05, 0) is 25.1 Å². The van der Waals surface area contributed by atoms with Crippen LogP contribution in [0.15, 0.2) is 47.4 Å². The highest BCUT2D eigenvalue weighted by Crippen LogP contribution is 2.30. The molecule has 0 aliphatic heterocycles. The van der Waals surface area contributed by atoms with E-state index in [4.69, 9.17) is 4.74 Å². The third-order valence-corrected chi connectivity index (χ3v) is 6.09. The maximum Gasteiger partial charge on any atom is 0.263 e. The summed E-state index contributed by atoms with van der Waals surface area (Å²) >= 11 is 1.13. The highest BCUT2D eigenvalue weighted by molar-refractivity contribution is 7.93. The Kier molecular flexibility index (Phi) is 5.61. The van der Waals surface area contributed by atoms with Crippen molar-refractivity contribution in [3.63, 3.8) is 0 Å². The third-order valence-electron chi connectivity index (χ3n) is 3.74. The van der Waals surface area contributed by atoms with Gasteiger partial charge in [-0.1, -0.05) is 41.2 Å². The molecule has 2 aromatic carbocycles. The second-order valence-corrected chi connectivity index (χ2v) is 8.59. The van der Waals surface area contributed by atoms with E-state index in [1.807, 2.05) is 31.2 Å². The van der Waals surface area contributed by atoms with Gasteiger partial charge in [0.2, 0.25) is 11.0 Å². The van der Waals surface area contributed by atoms with E-state index in [1.165, 1.54) is 32.2 Å². The Bertz CT molecular complexity index is 1110. The molecule has 0 unspecified atom stereocenters. The van der Waals surface area contributed by atoms with Crippen molar-refractivity contribution in [1.82, 2.24) is 10.2 Å². The van der Waals surface area contributed by atoms with E-state index in [-0.39, 0.29) is 21.6 Å². The van der Waals surface area contributed by atoms with Crippen molar-refractivity contribution in [2.75, 3.05) is 17.1 Å². The second-order valence-electron chi connectivity index (χ2n) is 5.93. The van der Waals surface area contributed by atoms with Crippen molar-refractivity contribution in [1.29, 1.82) is 0 Å². The number of aryl methyl sites for hydroxylation is 1. The molecule has 0 atom stereocenters. The number of anilines is 2. The van der Waals surface area contributed by atoms with Crippen molar-refractivity contribution in [2.24, 2.45) is 0 Å². The van der Waals surface area contributed by atoms with Crippen molar-refractivity contribution >= 4 is 38.1 Å². The fraction of sp³-hybridized carbons (Fsp3) is 0.167. The van der Waals surface area contributed by atoms with E-state index in [0.29, 0.717) is 10.8 Å². The van der Waals surface area contributed by atoms with Crippen LogP contribution in [-0.4, -0.2) is 31.6 Å². The molecular formula is C18H18N4O4S2. The molecule has 0 spiro atoms. The van der Waals surface area contributed by atoms with Gasteiger partial charge in [0.25, 0.3) is 10.0 Å². The molecule has 28 heavy (non-hydrogen) atoms. The molecule has 0 saturated carbocycles. The summed E-state index contributed by atoms with van der Waals surface area (Å²) in [4.78, 5) is 11.3. The molecule has 0 radical (unpaired) electrons. The van der Waals surface area contributed by atoms with Crippen LogP contribution in [0.5, 0.6) is 5.75 Å². The molecule has 1 amide bonds. The van der Waals surface area contributed by atoms with E-state index in [9.17, 15) is 13.2 Å². The minimum Gasteiger partial charge on any atom is -0.495 e. The zero-order valence-corrected chi connectivity index (χ0v) is 17.0. The number of aromatic nitrogens is 2. The molecule has 1 heterocycles. The van der Waals surface area contributed by atoms with Gasteiger partial charge in [-0.25, -0.2) is 8.42 Å². The van der Waals surface area contributed by atoms with Crippen LogP contribution in [0.4, 0.5) is 10.8 Å². The van der Waals surface area contributed by atoms with Gasteiger partial charge in [0, 0.05) is 12.5 Å². The molecule has 1 aromatic heterocycles. The summed E-state index contributed by atoms with van der Waals surface area (Å²) in [5.41, 5.74) is 2.23. The topological polar surface area (TPSA) is 110 Å². The number of methoxy groups -OCH3 is 1. The molecular weight excluding hydrogens is 400 g/mol. The zero-order chi connectivity index (χ0) is 20.3. The highest BCUT2D eigenvalue weighted by Gasteiger charge is 2.19. The van der Waals surface area contributed by atoms with Crippen LogP contribution in [-0.2, 0) is 14.8 Å². The molecule has 8 nitrogen and oxygen atoms in total. The lowest BCUT2D eigenvalue weighted by atomic mass is 10.2. The number of sulfonamides is 1. The first-order chi connectivity index (χ1) is 13.3. The normalized spacial score (nSPS) is 11.1. The van der Waals surface area contributed by atoms with E-state index in [0.717, 1.165) is 22.5 Å². The predicted molar refractivity (Wildman–Crippen MR) is 108 cm³/mol. The van der Waals surface area contributed by atoms with Crippen LogP contribution < -0.4 is 14.8 Å². The molecule has 3 rings (SSSR count). The first-order valence-corrected chi connectivity index (χ1v) is 10.5. The summed E-state index contributed by atoms with van der Waals surface area (Å²) in [5, 5.41) is 11.3. The molecule has 3 aromatic rings. The Morgan fingerprint density at radius 3 is 2.46 bits per heavy atom. The summed E-state index contributed by atoms with van der Waals surface area (Å²) < 4.78 is 33.0. The van der Waals surface area contributed by atoms with Crippen molar-refractivity contribution in [3.05, 3.63) is 48.0 Å². The van der Waals surface area contributed by atoms with Gasteiger partial charge in [0.15, 0.2) is 0 Å². The van der Waals surface area contributed by atoms with Gasteiger partial charge in [-0.2, -0.15) is 0 Å². The van der Waals surface area contributed by atoms with Crippen LogP contribution in [0.2, 0.25) is 0 Å². The lowest BCUT2D eigenvalue weighted by molar-refractivity contribution is -0.114. The highest BCUT2D eigenvalue weighted by atomic mass is 32.2. The molecule has 0 fully saturated rings. The van der Waals surface area contributed by atoms with Crippen LogP contribution in [0.25, 0.3) is 10.6 Å². The lowest BCUT2D eigenvalue weighted by Gasteiger charge is -2.11. The van der Waals surface area contributed by atoms with Gasteiger partial charge in [-0.15, -0.1) is 10.2 Å². The zero-order valence-electron chi connectivity index (χ0n) is 15.4. The Balaban J connectivity index is 1.86. The molecule has 10 heteroatoms. The van der Waals surface area contributed by atoms with E-state index in [1.54, 1.807) is 0 Å². The first kappa shape index (κ1) is 19.8. The van der Waals surface area contributed by atoms with Gasteiger partial charge >= 0.3 is 0 Å². The fourth-order valence-electron chi connectivity index (χ4n) is 2.39. The number of nitrogens with one attached hydrogen (secondary N) is 2. The van der Waals surface area contributed by atoms with Gasteiger partial charge in [0.1, 0.15) is 10.8 Å². The number of benzene rings is 2. The number of hydrogen-bond acceptors (Lipinski definition) is 7. The largest absolute Gasteiger partial charge is 0.495 e. The van der Waals surface area contributed by atoms with E-state index < -0.39 is 10.0 Å². The summed E-state index contributed by atoms with van der Waals surface area (Å²) in [6.07, 6.45) is 0. The monoisotopic (exact) mass is 418 g/mol. The maximum atomic E-state index is 12.7. The fourth-order valence-corrected chi connectivity index (χ4v) is 4.40. The Labute approximate surface area is 166 Å². The number of carbonyl (C=O) groups excluding carboxylic acids is 1. The molecule has 0 aliphatic rings. The second kappa shape index (κ2) is 7.95. The van der Waals surface area contributed by atoms with E-state index in [2.05, 4.69) is 20.2 Å². The van der Waals surface area contributed by atoms with Crippen LogP contribution in [0, 0.1) is 6.92 Å². The number of carbonyl (C=O) groups is 1. The average molecular weight is 419 g/mol. The van der Waals surface area contributed by atoms with Gasteiger partial charge < -0.3 is 10.1 Å². The number of rotatable bonds is 6. The molecule has 146 valence electrons. The average Bonchev–Trinajstić information content (AvgIpc) is 3.09. The molecule has 2 N–H and O–H groups in total. The third kappa shape index (κ3) is 4.46. The smallest absolute Gasteiger partial charge is 0.263 e. The number of ether oxygens (including phenoxy) is 1. The van der Waals surface area contributed by atoms with Crippen LogP contribution >= 0.6 is 11.3 Å². The Morgan fingerprint density at radius 1 is 1.11 bits per heavy atom. The summed E-state index contributed by atoms with van der Waals surface area (Å²) in [6, 6.07) is 11.9. The minimum atomic E-state index is -3.92. The van der Waals surface area contributed by atoms with Gasteiger partial charge in [-0.3, -0.25) is 9.52 Å². The molecule has 0 aliphatic carbocycles. The Morgan fingerprint density at radius 2 is 1.82 bits per heavy atom. The summed E-state index contributed by atoms with van der Waals surface area (Å²) in [7, 11) is -2.49. The summed E-state index contributed by atoms with van der Waals surface area (Å²) in [5.74, 6) is 0.0133. The first-order valence-electron chi connectivity index (χ1n) is 8.17. The van der Waals surface area contributed by atoms with Crippen molar-refractivity contribution < 1.29 is 17.9 Å². The standard InChI is InChI=1S/C18H18N4O4S2/c1-11-4-6-13(7-5-11)17-20-21-18(27-17)22-28(24,25)14-8-9-16(26-3)15(10-14)19-12(2)23/h4-10H,1-3H3,(H,19,23)(H,21,22). The minimum absolute atomic E-state index is 0.0378. The quantitative estimate of drug-likeness (QED) is 0.636.